The van der Waals surface area contributed by atoms with Gasteiger partial charge >= 0.3 is 0 Å². The lowest BCUT2D eigenvalue weighted by Crippen LogP contribution is -2.01. The first-order chi connectivity index (χ1) is 7.63. The summed E-state index contributed by atoms with van der Waals surface area (Å²) < 4.78 is 11.7. The zero-order valence-corrected chi connectivity index (χ0v) is 10.6. The largest absolute Gasteiger partial charge is 0.259 e. The lowest BCUT2D eigenvalue weighted by molar-refractivity contribution is 0.680. The minimum Gasteiger partial charge on any atom is -0.259 e. The highest BCUT2D eigenvalue weighted by molar-refractivity contribution is 7.84. The Hall–Kier alpha value is -1.14. The second kappa shape index (κ2) is 6.44. The van der Waals surface area contributed by atoms with E-state index in [4.69, 9.17) is 5.26 Å². The van der Waals surface area contributed by atoms with E-state index in [0.29, 0.717) is 17.9 Å². The molecule has 1 unspecified atom stereocenters. The van der Waals surface area contributed by atoms with E-state index in [2.05, 4.69) is 32.0 Å². The van der Waals surface area contributed by atoms with Crippen LogP contribution in [0.25, 0.3) is 0 Å². The Morgan fingerprint density at radius 3 is 2.69 bits per heavy atom. The van der Waals surface area contributed by atoms with E-state index in [1.807, 2.05) is 6.07 Å². The summed E-state index contributed by atoms with van der Waals surface area (Å²) in [5, 5.41) is 8.39. The quantitative estimate of drug-likeness (QED) is 0.736. The van der Waals surface area contributed by atoms with Gasteiger partial charge in [-0.25, -0.2) is 0 Å². The molecule has 1 aromatic rings. The molecule has 1 aromatic carbocycles. The van der Waals surface area contributed by atoms with Gasteiger partial charge in [-0.05, 0) is 37.0 Å². The maximum Gasteiger partial charge on any atom is 0.0622 e. The summed E-state index contributed by atoms with van der Waals surface area (Å²) in [5.74, 6) is 1.23. The van der Waals surface area contributed by atoms with Crippen LogP contribution in [0.15, 0.2) is 18.2 Å². The SMILES string of the molecule is Cc1ccc(CS(=O)CCCC#N)cc1C. The van der Waals surface area contributed by atoms with Crippen molar-refractivity contribution in [1.29, 1.82) is 5.26 Å². The van der Waals surface area contributed by atoms with Crippen LogP contribution in [-0.4, -0.2) is 9.96 Å². The van der Waals surface area contributed by atoms with Gasteiger partial charge in [0.15, 0.2) is 0 Å². The Bertz CT molecular complexity index is 420. The summed E-state index contributed by atoms with van der Waals surface area (Å²) in [6.07, 6.45) is 1.23. The van der Waals surface area contributed by atoms with Gasteiger partial charge in [-0.1, -0.05) is 18.2 Å². The second-order valence-corrected chi connectivity index (χ2v) is 5.55. The van der Waals surface area contributed by atoms with E-state index in [-0.39, 0.29) is 0 Å². The molecule has 3 heteroatoms. The van der Waals surface area contributed by atoms with E-state index < -0.39 is 10.8 Å². The highest BCUT2D eigenvalue weighted by Gasteiger charge is 2.02. The Balaban J connectivity index is 2.50. The van der Waals surface area contributed by atoms with Crippen molar-refractivity contribution in [3.05, 3.63) is 34.9 Å². The molecule has 1 rings (SSSR count). The predicted octanol–water partition coefficient (Wildman–Crippen LogP) is 2.86. The molecule has 16 heavy (non-hydrogen) atoms. The third-order valence-electron chi connectivity index (χ3n) is 2.56. The lowest BCUT2D eigenvalue weighted by atomic mass is 10.1. The maximum atomic E-state index is 11.7. The van der Waals surface area contributed by atoms with Crippen molar-refractivity contribution in [2.75, 3.05) is 5.75 Å². The van der Waals surface area contributed by atoms with Crippen LogP contribution in [0.2, 0.25) is 0 Å². The zero-order chi connectivity index (χ0) is 12.0. The van der Waals surface area contributed by atoms with Gasteiger partial charge < -0.3 is 0 Å². The minimum atomic E-state index is -0.838. The number of hydrogen-bond acceptors (Lipinski definition) is 2. The van der Waals surface area contributed by atoms with Crippen LogP contribution in [-0.2, 0) is 16.6 Å². The van der Waals surface area contributed by atoms with E-state index >= 15 is 0 Å². The summed E-state index contributed by atoms with van der Waals surface area (Å²) in [4.78, 5) is 0. The molecule has 0 aromatic heterocycles. The van der Waals surface area contributed by atoms with Gasteiger partial charge in [0.1, 0.15) is 0 Å². The van der Waals surface area contributed by atoms with Gasteiger partial charge in [0, 0.05) is 28.7 Å². The fraction of sp³-hybridized carbons (Fsp3) is 0.462. The predicted molar refractivity (Wildman–Crippen MR) is 67.5 cm³/mol. The van der Waals surface area contributed by atoms with Gasteiger partial charge in [0.25, 0.3) is 0 Å². The third-order valence-corrected chi connectivity index (χ3v) is 3.96. The number of rotatable bonds is 5. The molecule has 0 fully saturated rings. The molecule has 0 saturated heterocycles. The summed E-state index contributed by atoms with van der Waals surface area (Å²) in [5.41, 5.74) is 3.63. The number of nitriles is 1. The van der Waals surface area contributed by atoms with Crippen molar-refractivity contribution in [1.82, 2.24) is 0 Å². The second-order valence-electron chi connectivity index (χ2n) is 3.97. The van der Waals surface area contributed by atoms with Gasteiger partial charge in [-0.2, -0.15) is 5.26 Å². The highest BCUT2D eigenvalue weighted by atomic mass is 32.2. The van der Waals surface area contributed by atoms with E-state index in [0.717, 1.165) is 12.0 Å². The van der Waals surface area contributed by atoms with Crippen LogP contribution in [0, 0.1) is 25.2 Å². The van der Waals surface area contributed by atoms with Crippen molar-refractivity contribution in [3.63, 3.8) is 0 Å². The summed E-state index contributed by atoms with van der Waals surface area (Å²) in [6, 6.07) is 8.26. The van der Waals surface area contributed by atoms with Crippen molar-refractivity contribution >= 4 is 10.8 Å². The fourth-order valence-electron chi connectivity index (χ4n) is 1.46. The average molecular weight is 235 g/mol. The van der Waals surface area contributed by atoms with Crippen LogP contribution in [0.5, 0.6) is 0 Å². The Morgan fingerprint density at radius 2 is 2.06 bits per heavy atom. The molecule has 0 aliphatic carbocycles. The Morgan fingerprint density at radius 1 is 1.31 bits per heavy atom. The fourth-order valence-corrected chi connectivity index (χ4v) is 2.63. The number of unbranched alkanes of at least 4 members (excludes halogenated alkanes) is 1. The number of nitrogens with zero attached hydrogens (tertiary/aromatic N) is 1. The van der Waals surface area contributed by atoms with Gasteiger partial charge in [-0.15, -0.1) is 0 Å². The first kappa shape index (κ1) is 12.9. The Labute approximate surface area is 99.8 Å². The molecule has 86 valence electrons. The molecule has 0 aliphatic rings. The summed E-state index contributed by atoms with van der Waals surface area (Å²) >= 11 is 0. The van der Waals surface area contributed by atoms with E-state index in [9.17, 15) is 4.21 Å². The minimum absolute atomic E-state index is 0.499. The molecule has 0 N–H and O–H groups in total. The van der Waals surface area contributed by atoms with Gasteiger partial charge in [-0.3, -0.25) is 4.21 Å². The van der Waals surface area contributed by atoms with Crippen molar-refractivity contribution in [2.24, 2.45) is 0 Å². The van der Waals surface area contributed by atoms with Crippen LogP contribution in [0.4, 0.5) is 0 Å². The normalized spacial score (nSPS) is 12.1. The third kappa shape index (κ3) is 4.16. The molecule has 2 nitrogen and oxygen atoms in total. The van der Waals surface area contributed by atoms with Crippen LogP contribution in [0.1, 0.15) is 29.5 Å². The maximum absolute atomic E-state index is 11.7. The molecular formula is C13H17NOS. The molecule has 0 spiro atoms. The Kier molecular flexibility index (Phi) is 5.21. The highest BCUT2D eigenvalue weighted by Crippen LogP contribution is 2.12. The molecule has 0 radical (unpaired) electrons. The monoisotopic (exact) mass is 235 g/mol. The van der Waals surface area contributed by atoms with Crippen LogP contribution < -0.4 is 0 Å². The standard InChI is InChI=1S/C13H17NOS/c1-11-5-6-13(9-12(11)2)10-16(15)8-4-3-7-14/h5-6,9H,3-4,8,10H2,1-2H3. The molecule has 1 atom stereocenters. The zero-order valence-electron chi connectivity index (χ0n) is 9.82. The van der Waals surface area contributed by atoms with Crippen molar-refractivity contribution in [3.8, 4) is 6.07 Å². The molecule has 0 saturated carbocycles. The molecule has 0 bridgehead atoms. The number of benzene rings is 1. The van der Waals surface area contributed by atoms with Crippen molar-refractivity contribution in [2.45, 2.75) is 32.4 Å². The first-order valence-corrected chi connectivity index (χ1v) is 6.90. The summed E-state index contributed by atoms with van der Waals surface area (Å²) in [6.45, 7) is 4.14. The smallest absolute Gasteiger partial charge is 0.0622 e. The lowest BCUT2D eigenvalue weighted by Gasteiger charge is -2.05. The molecule has 0 amide bonds. The van der Waals surface area contributed by atoms with Gasteiger partial charge in [0.2, 0.25) is 0 Å². The number of hydrogen-bond donors (Lipinski definition) is 0. The van der Waals surface area contributed by atoms with E-state index in [1.54, 1.807) is 0 Å². The van der Waals surface area contributed by atoms with E-state index in [1.165, 1.54) is 11.1 Å². The molecule has 0 heterocycles. The van der Waals surface area contributed by atoms with Crippen LogP contribution >= 0.6 is 0 Å². The van der Waals surface area contributed by atoms with Crippen LogP contribution in [0.3, 0.4) is 0 Å². The molecule has 0 aliphatic heterocycles. The summed E-state index contributed by atoms with van der Waals surface area (Å²) in [7, 11) is -0.838. The topological polar surface area (TPSA) is 40.9 Å². The molecular weight excluding hydrogens is 218 g/mol. The van der Waals surface area contributed by atoms with Crippen molar-refractivity contribution < 1.29 is 4.21 Å². The van der Waals surface area contributed by atoms with Gasteiger partial charge in [0.05, 0.1) is 6.07 Å². The first-order valence-electron chi connectivity index (χ1n) is 5.41. The number of aryl methyl sites for hydroxylation is 2. The average Bonchev–Trinajstić information content (AvgIpc) is 2.24.